The molecule has 9 rings (SSSR count). The van der Waals surface area contributed by atoms with Crippen LogP contribution < -0.4 is 30.3 Å². The summed E-state index contributed by atoms with van der Waals surface area (Å²) < 4.78 is 71.9. The fraction of sp³-hybridized carbons (Fsp3) is 0.685. The number of ether oxygens (including phenoxy) is 12. The van der Waals surface area contributed by atoms with E-state index in [2.05, 4.69) is 16.1 Å². The highest BCUT2D eigenvalue weighted by atomic mass is 127. The molecule has 24 nitrogen and oxygen atoms in total. The Hall–Kier alpha value is -3.02. The van der Waals surface area contributed by atoms with E-state index in [9.17, 15) is 39.9 Å². The van der Waals surface area contributed by atoms with Gasteiger partial charge in [0.25, 0.3) is 0 Å². The first-order valence-electron chi connectivity index (χ1n) is 26.9. The van der Waals surface area contributed by atoms with Crippen LogP contribution in [0.5, 0.6) is 17.2 Å². The summed E-state index contributed by atoms with van der Waals surface area (Å²) in [5.41, 5.74) is 3.32. The van der Waals surface area contributed by atoms with Crippen LogP contribution in [0.15, 0.2) is 35.9 Å². The number of benzene rings is 2. The van der Waals surface area contributed by atoms with Crippen molar-refractivity contribution in [2.24, 2.45) is 0 Å². The number of rotatable bonds is 18. The highest BCUT2D eigenvalue weighted by Crippen LogP contribution is 2.65. The van der Waals surface area contributed by atoms with E-state index in [1.807, 2.05) is 35.6 Å². The highest BCUT2D eigenvalue weighted by Gasteiger charge is 2.69. The zero-order valence-corrected chi connectivity index (χ0v) is 50.4. The zero-order chi connectivity index (χ0) is 58.4. The molecule has 4 saturated heterocycles. The van der Waals surface area contributed by atoms with Gasteiger partial charge in [0.05, 0.1) is 89.7 Å². The van der Waals surface area contributed by atoms with Crippen molar-refractivity contribution in [3.63, 3.8) is 0 Å². The van der Waals surface area contributed by atoms with Gasteiger partial charge in [0, 0.05) is 39.2 Å². The van der Waals surface area contributed by atoms with E-state index in [1.165, 1.54) is 40.2 Å². The van der Waals surface area contributed by atoms with E-state index in [-0.39, 0.29) is 60.8 Å². The maximum Gasteiger partial charge on any atom is 0.407 e. The number of likely N-dealkylation sites (N-methyl/N-ethyl adjacent to an activating group) is 1. The highest BCUT2D eigenvalue weighted by molar-refractivity contribution is 14.1. The lowest BCUT2D eigenvalue weighted by Crippen LogP contribution is -2.69. The number of carbonyl (C=O) groups excluding carboxylic acids is 3. The van der Waals surface area contributed by atoms with Crippen LogP contribution in [0.1, 0.15) is 80.1 Å². The number of Topliss-reactive ketones (excluding diaryl/α,β-unsaturated/α-hetero) is 1. The molecule has 5 heterocycles. The van der Waals surface area contributed by atoms with Crippen molar-refractivity contribution in [3.05, 3.63) is 61.7 Å². The topological polar surface area (TPSA) is 308 Å². The monoisotopic (exact) mass is 1290 g/mol. The molecule has 450 valence electrons. The van der Waals surface area contributed by atoms with Crippen LogP contribution in [-0.4, -0.2) is 211 Å². The van der Waals surface area contributed by atoms with Crippen LogP contribution in [-0.2, 0) is 57.9 Å². The van der Waals surface area contributed by atoms with Crippen LogP contribution in [0.25, 0.3) is 0 Å². The summed E-state index contributed by atoms with van der Waals surface area (Å²) in [5.74, 6) is 0.149. The third kappa shape index (κ3) is 11.6. The molecule has 81 heavy (non-hydrogen) atoms. The Balaban J connectivity index is 0.929. The lowest BCUT2D eigenvalue weighted by atomic mass is 9.59. The Bertz CT molecular complexity index is 2630. The summed E-state index contributed by atoms with van der Waals surface area (Å²) in [4.78, 5) is 47.8. The number of methoxy groups -OCH3 is 5. The van der Waals surface area contributed by atoms with Crippen molar-refractivity contribution in [1.82, 2.24) is 16.1 Å². The number of aliphatic hydroxyl groups is 5. The Morgan fingerprint density at radius 2 is 1.59 bits per heavy atom. The van der Waals surface area contributed by atoms with E-state index in [1.54, 1.807) is 59.1 Å². The minimum absolute atomic E-state index is 0.0377. The predicted molar refractivity (Wildman–Crippen MR) is 298 cm³/mol. The van der Waals surface area contributed by atoms with E-state index in [4.69, 9.17) is 61.7 Å². The Kier molecular flexibility index (Phi) is 20.0. The molecule has 0 unspecified atom stereocenters. The molecule has 0 aromatic heterocycles. The molecule has 7 aliphatic rings. The van der Waals surface area contributed by atoms with Crippen molar-refractivity contribution < 1.29 is 102 Å². The summed E-state index contributed by atoms with van der Waals surface area (Å²) in [6.07, 6.45) is -15.1. The number of nitrogens with one attached hydrogen (secondary N) is 3. The summed E-state index contributed by atoms with van der Waals surface area (Å²) in [5, 5.41) is 63.3. The van der Waals surface area contributed by atoms with E-state index in [0.717, 1.165) is 11.8 Å². The minimum atomic E-state index is -1.70. The number of carbonyl (C=O) groups is 3. The number of hydrogen-bond donors (Lipinski definition) is 8. The zero-order valence-electron chi connectivity index (χ0n) is 46.6. The van der Waals surface area contributed by atoms with E-state index in [0.29, 0.717) is 38.1 Å². The smallest absolute Gasteiger partial charge is 0.407 e. The Morgan fingerprint density at radius 3 is 2.27 bits per heavy atom. The average molecular weight is 1290 g/mol. The fourth-order valence-corrected chi connectivity index (χ4v) is 15.7. The molecule has 0 spiro atoms. The fourth-order valence-electron chi connectivity index (χ4n) is 12.3. The van der Waals surface area contributed by atoms with Crippen molar-refractivity contribution in [2.75, 3.05) is 54.5 Å². The normalized spacial score (nSPS) is 39.2. The van der Waals surface area contributed by atoms with Gasteiger partial charge in [0.1, 0.15) is 48.3 Å². The molecule has 21 atom stereocenters. The Labute approximate surface area is 491 Å². The van der Waals surface area contributed by atoms with Gasteiger partial charge in [-0.05, 0) is 79.1 Å². The summed E-state index contributed by atoms with van der Waals surface area (Å²) in [6, 6.07) is 4.71. The largest absolute Gasteiger partial charge is 0.492 e. The summed E-state index contributed by atoms with van der Waals surface area (Å²) in [6.45, 7) is 9.57. The number of hydroxylamine groups is 1. The average Bonchev–Trinajstić information content (AvgIpc) is 4.15. The number of fused-ring (bicyclic) bond motifs is 2. The van der Waals surface area contributed by atoms with E-state index >= 15 is 0 Å². The first-order chi connectivity index (χ1) is 38.7. The molecule has 0 radical (unpaired) electrons. The molecular weight excluding hydrogens is 1220 g/mol. The summed E-state index contributed by atoms with van der Waals surface area (Å²) >= 11 is 4.19. The summed E-state index contributed by atoms with van der Waals surface area (Å²) in [7, 11) is 6.89. The molecule has 2 bridgehead atoms. The number of alkyl carbamates (subject to hydrolysis) is 1. The lowest BCUT2D eigenvalue weighted by molar-refractivity contribution is -0.343. The van der Waals surface area contributed by atoms with Crippen molar-refractivity contribution >= 4 is 63.1 Å². The number of ketones is 1. The SMILES string of the molecule is CCN[C@H]1CO[C@@H](O[C@H]2[C@H](O[C@@H]3c4ccccc4[C@]4(O)CC(=O)[C@@H](NC(=O)OC)[C@]35SCC=C54)O[C@H](C)[C@@H](NO[C@H]3C[C@H](O)[C@H](SC(=O)c4c(C)c(I)c(O[C@@H]5O[C@@H](C)[C@H](O)[C@@H](OC)[C@H]5O)c(OC)c4OC)[C@@H](C)O3)[C@@H]2O)C[C@@H]1OC. The third-order valence-corrected chi connectivity index (χ3v) is 20.5. The first kappa shape index (κ1) is 62.5. The van der Waals surface area contributed by atoms with Crippen LogP contribution >= 0.6 is 46.1 Å². The van der Waals surface area contributed by atoms with Gasteiger partial charge in [0.15, 0.2) is 36.2 Å². The maximum atomic E-state index is 14.4. The number of aliphatic hydroxyl groups excluding tert-OH is 4. The minimum Gasteiger partial charge on any atom is -0.492 e. The number of halogens is 1. The second kappa shape index (κ2) is 25.9. The van der Waals surface area contributed by atoms with Crippen LogP contribution in [0.2, 0.25) is 0 Å². The van der Waals surface area contributed by atoms with Gasteiger partial charge in [-0.1, -0.05) is 49.0 Å². The van der Waals surface area contributed by atoms with Gasteiger partial charge >= 0.3 is 6.09 Å². The van der Waals surface area contributed by atoms with Gasteiger partial charge in [-0.15, -0.1) is 11.8 Å². The number of hydrogen-bond acceptors (Lipinski definition) is 25. The van der Waals surface area contributed by atoms with Gasteiger partial charge in [-0.3, -0.25) is 14.4 Å². The standard InChI is InChI=1S/C54H74IN3O21S2/c1-11-56-28-21-72-33(19-31(28)67-6)76-44-39(62)37(23(3)74-51(44)78-48-26-14-12-13-15-27(26)53(66)20-30(60)47(57-52(65)71-10)54(48)32(53)16-17-80-54)58-79-34-18-29(59)46(25(5)73-34)81-49(64)35-22(2)36(55)42(45(70-9)41(35)68-7)77-50-40(63)43(69-8)38(61)24(4)75-50/h12-16,23-25,28-29,31,33-34,37-40,43-44,46-48,50-51,56,58-59,61-63,66H,11,17-21H2,1-10H3,(H,57,65)/t23-,24+,25-,28+,29+,31+,33+,34+,37-,38+,39+,40-,43-,44-,46-,47-,48-,50+,51+,53-,54+/m1/s1. The van der Waals surface area contributed by atoms with Crippen LogP contribution in [0.3, 0.4) is 0 Å². The molecule has 5 aliphatic heterocycles. The van der Waals surface area contributed by atoms with Gasteiger partial charge < -0.3 is 93.0 Å². The second-order valence-corrected chi connectivity index (χ2v) is 24.6. The van der Waals surface area contributed by atoms with Crippen LogP contribution in [0.4, 0.5) is 4.79 Å². The molecule has 27 heteroatoms. The maximum absolute atomic E-state index is 14.4. The molecule has 2 aromatic rings. The van der Waals surface area contributed by atoms with Crippen molar-refractivity contribution in [1.29, 1.82) is 0 Å². The van der Waals surface area contributed by atoms with Gasteiger partial charge in [0.2, 0.25) is 17.2 Å². The molecule has 2 aromatic carbocycles. The predicted octanol–water partition coefficient (Wildman–Crippen LogP) is 2.40. The second-order valence-electron chi connectivity index (χ2n) is 21.1. The van der Waals surface area contributed by atoms with Crippen LogP contribution in [0, 0.1) is 10.5 Å². The van der Waals surface area contributed by atoms with Gasteiger partial charge in [-0.25, -0.2) is 4.79 Å². The molecular formula is C54H74IN3O21S2. The van der Waals surface area contributed by atoms with E-state index < -0.39 is 131 Å². The Morgan fingerprint density at radius 1 is 0.864 bits per heavy atom. The molecule has 8 N–H and O–H groups in total. The van der Waals surface area contributed by atoms with Gasteiger partial charge in [-0.2, -0.15) is 5.48 Å². The lowest BCUT2D eigenvalue weighted by Gasteiger charge is -2.57. The quantitative estimate of drug-likeness (QED) is 0.0604. The third-order valence-electron chi connectivity index (χ3n) is 16.4. The molecule has 1 saturated carbocycles. The molecule has 5 fully saturated rings. The van der Waals surface area contributed by atoms with Crippen molar-refractivity contribution in [3.8, 4) is 17.2 Å². The first-order valence-corrected chi connectivity index (χ1v) is 29.8. The molecule has 2 aliphatic carbocycles. The number of amides is 1. The number of thioether (sulfide) groups is 2. The molecule has 1 amide bonds. The van der Waals surface area contributed by atoms with Crippen molar-refractivity contribution in [2.45, 2.75) is 180 Å².